The SMILES string of the molecule is COCC(CO)Nc1cc(N)ccc1C. The number of nitrogens with two attached hydrogens (primary N) is 1. The molecule has 0 spiro atoms. The van der Waals surface area contributed by atoms with E-state index in [1.807, 2.05) is 25.1 Å². The minimum Gasteiger partial charge on any atom is -0.399 e. The Kier molecular flexibility index (Phi) is 4.39. The van der Waals surface area contributed by atoms with Crippen LogP contribution >= 0.6 is 0 Å². The van der Waals surface area contributed by atoms with Gasteiger partial charge in [0.1, 0.15) is 0 Å². The molecule has 0 aliphatic heterocycles. The van der Waals surface area contributed by atoms with Gasteiger partial charge in [0, 0.05) is 18.5 Å². The van der Waals surface area contributed by atoms with Crippen molar-refractivity contribution in [1.29, 1.82) is 0 Å². The average molecular weight is 210 g/mol. The van der Waals surface area contributed by atoms with Crippen LogP contribution < -0.4 is 11.1 Å². The second kappa shape index (κ2) is 5.58. The van der Waals surface area contributed by atoms with Crippen molar-refractivity contribution in [3.8, 4) is 0 Å². The maximum Gasteiger partial charge on any atom is 0.0725 e. The molecule has 4 heteroatoms. The van der Waals surface area contributed by atoms with Crippen LogP contribution in [0.1, 0.15) is 5.56 Å². The van der Waals surface area contributed by atoms with Crippen molar-refractivity contribution in [1.82, 2.24) is 0 Å². The molecule has 1 atom stereocenters. The summed E-state index contributed by atoms with van der Waals surface area (Å²) in [4.78, 5) is 0. The average Bonchev–Trinajstić information content (AvgIpc) is 2.22. The number of nitrogens with one attached hydrogen (secondary N) is 1. The van der Waals surface area contributed by atoms with Gasteiger partial charge in [-0.1, -0.05) is 6.07 Å². The summed E-state index contributed by atoms with van der Waals surface area (Å²) in [6, 6.07) is 5.55. The number of benzene rings is 1. The molecule has 1 rings (SSSR count). The number of aliphatic hydroxyl groups is 1. The van der Waals surface area contributed by atoms with E-state index in [0.29, 0.717) is 12.3 Å². The molecule has 0 aliphatic rings. The number of anilines is 2. The molecule has 15 heavy (non-hydrogen) atoms. The van der Waals surface area contributed by atoms with Crippen LogP contribution in [0.15, 0.2) is 18.2 Å². The molecular weight excluding hydrogens is 192 g/mol. The predicted octanol–water partition coefficient (Wildman–Crippen LogP) is 0.996. The van der Waals surface area contributed by atoms with Crippen LogP contribution in [0.25, 0.3) is 0 Å². The molecule has 0 fully saturated rings. The number of hydrogen-bond donors (Lipinski definition) is 3. The van der Waals surface area contributed by atoms with Gasteiger partial charge in [0.05, 0.1) is 19.3 Å². The van der Waals surface area contributed by atoms with Gasteiger partial charge in [-0.3, -0.25) is 0 Å². The number of rotatable bonds is 5. The van der Waals surface area contributed by atoms with Crippen molar-refractivity contribution in [2.24, 2.45) is 0 Å². The Balaban J connectivity index is 2.73. The Labute approximate surface area is 90.1 Å². The Bertz CT molecular complexity index is 315. The summed E-state index contributed by atoms with van der Waals surface area (Å²) >= 11 is 0. The fraction of sp³-hybridized carbons (Fsp3) is 0.455. The summed E-state index contributed by atoms with van der Waals surface area (Å²) < 4.78 is 4.98. The van der Waals surface area contributed by atoms with Crippen molar-refractivity contribution in [3.63, 3.8) is 0 Å². The molecule has 0 aromatic heterocycles. The number of nitrogen functional groups attached to an aromatic ring is 1. The zero-order valence-corrected chi connectivity index (χ0v) is 9.16. The summed E-state index contributed by atoms with van der Waals surface area (Å²) in [6.45, 7) is 2.48. The van der Waals surface area contributed by atoms with E-state index in [4.69, 9.17) is 15.6 Å². The molecule has 1 aromatic carbocycles. The van der Waals surface area contributed by atoms with Gasteiger partial charge in [-0.15, -0.1) is 0 Å². The van der Waals surface area contributed by atoms with Gasteiger partial charge in [0.15, 0.2) is 0 Å². The molecule has 0 aliphatic carbocycles. The largest absolute Gasteiger partial charge is 0.399 e. The monoisotopic (exact) mass is 210 g/mol. The van der Waals surface area contributed by atoms with Gasteiger partial charge >= 0.3 is 0 Å². The van der Waals surface area contributed by atoms with Crippen molar-refractivity contribution in [2.75, 3.05) is 31.4 Å². The molecule has 0 amide bonds. The van der Waals surface area contributed by atoms with Crippen LogP contribution in [-0.4, -0.2) is 31.5 Å². The van der Waals surface area contributed by atoms with Crippen molar-refractivity contribution < 1.29 is 9.84 Å². The van der Waals surface area contributed by atoms with E-state index in [1.54, 1.807) is 7.11 Å². The van der Waals surface area contributed by atoms with E-state index < -0.39 is 0 Å². The molecule has 4 N–H and O–H groups in total. The van der Waals surface area contributed by atoms with Gasteiger partial charge in [-0.2, -0.15) is 0 Å². The zero-order valence-electron chi connectivity index (χ0n) is 9.16. The molecule has 0 saturated carbocycles. The van der Waals surface area contributed by atoms with Crippen molar-refractivity contribution in [2.45, 2.75) is 13.0 Å². The van der Waals surface area contributed by atoms with E-state index in [0.717, 1.165) is 11.3 Å². The summed E-state index contributed by atoms with van der Waals surface area (Å²) in [6.07, 6.45) is 0. The molecule has 0 bridgehead atoms. The number of methoxy groups -OCH3 is 1. The summed E-state index contributed by atoms with van der Waals surface area (Å²) in [5.41, 5.74) is 8.42. The first kappa shape index (κ1) is 11.8. The molecule has 84 valence electrons. The number of aliphatic hydroxyl groups excluding tert-OH is 1. The number of aryl methyl sites for hydroxylation is 1. The smallest absolute Gasteiger partial charge is 0.0725 e. The number of ether oxygens (including phenoxy) is 1. The first-order chi connectivity index (χ1) is 7.17. The molecular formula is C11H18N2O2. The highest BCUT2D eigenvalue weighted by Gasteiger charge is 2.08. The minimum atomic E-state index is -0.101. The van der Waals surface area contributed by atoms with E-state index >= 15 is 0 Å². The third kappa shape index (κ3) is 3.42. The lowest BCUT2D eigenvalue weighted by atomic mass is 10.1. The van der Waals surface area contributed by atoms with E-state index in [-0.39, 0.29) is 12.6 Å². The van der Waals surface area contributed by atoms with Crippen LogP contribution in [0.3, 0.4) is 0 Å². The summed E-state index contributed by atoms with van der Waals surface area (Å²) in [5.74, 6) is 0. The fourth-order valence-corrected chi connectivity index (χ4v) is 1.36. The van der Waals surface area contributed by atoms with E-state index in [2.05, 4.69) is 5.32 Å². The van der Waals surface area contributed by atoms with Gasteiger partial charge in [0.25, 0.3) is 0 Å². The second-order valence-electron chi connectivity index (χ2n) is 3.55. The lowest BCUT2D eigenvalue weighted by molar-refractivity contribution is 0.153. The normalized spacial score (nSPS) is 12.5. The van der Waals surface area contributed by atoms with Gasteiger partial charge in [-0.05, 0) is 24.6 Å². The molecule has 0 heterocycles. The first-order valence-electron chi connectivity index (χ1n) is 4.90. The Morgan fingerprint density at radius 3 is 2.87 bits per heavy atom. The molecule has 1 aromatic rings. The van der Waals surface area contributed by atoms with Crippen LogP contribution in [0.2, 0.25) is 0 Å². The molecule has 0 saturated heterocycles. The van der Waals surface area contributed by atoms with Crippen molar-refractivity contribution in [3.05, 3.63) is 23.8 Å². The van der Waals surface area contributed by atoms with Crippen LogP contribution in [0.4, 0.5) is 11.4 Å². The lowest BCUT2D eigenvalue weighted by Crippen LogP contribution is -2.29. The first-order valence-corrected chi connectivity index (χ1v) is 4.90. The maximum atomic E-state index is 9.10. The fourth-order valence-electron chi connectivity index (χ4n) is 1.36. The van der Waals surface area contributed by atoms with Crippen LogP contribution in [0.5, 0.6) is 0 Å². The topological polar surface area (TPSA) is 67.5 Å². The Hall–Kier alpha value is -1.26. The minimum absolute atomic E-state index is 0.0298. The van der Waals surface area contributed by atoms with Gasteiger partial charge in [-0.25, -0.2) is 0 Å². The third-order valence-electron chi connectivity index (χ3n) is 2.21. The van der Waals surface area contributed by atoms with Crippen LogP contribution in [0, 0.1) is 6.92 Å². The predicted molar refractivity (Wildman–Crippen MR) is 62.0 cm³/mol. The highest BCUT2D eigenvalue weighted by Crippen LogP contribution is 2.18. The second-order valence-corrected chi connectivity index (χ2v) is 3.55. The lowest BCUT2D eigenvalue weighted by Gasteiger charge is -2.18. The van der Waals surface area contributed by atoms with Gasteiger partial charge < -0.3 is 20.9 Å². The summed E-state index contributed by atoms with van der Waals surface area (Å²) in [7, 11) is 1.61. The molecule has 4 nitrogen and oxygen atoms in total. The maximum absolute atomic E-state index is 9.10. The third-order valence-corrected chi connectivity index (χ3v) is 2.21. The van der Waals surface area contributed by atoms with Crippen LogP contribution in [-0.2, 0) is 4.74 Å². The number of hydrogen-bond acceptors (Lipinski definition) is 4. The van der Waals surface area contributed by atoms with Crippen molar-refractivity contribution >= 4 is 11.4 Å². The molecule has 0 radical (unpaired) electrons. The Morgan fingerprint density at radius 2 is 2.27 bits per heavy atom. The van der Waals surface area contributed by atoms with E-state index in [1.165, 1.54) is 0 Å². The quantitative estimate of drug-likeness (QED) is 0.634. The van der Waals surface area contributed by atoms with E-state index in [9.17, 15) is 0 Å². The Morgan fingerprint density at radius 1 is 1.53 bits per heavy atom. The summed E-state index contributed by atoms with van der Waals surface area (Å²) in [5, 5.41) is 12.3. The molecule has 1 unspecified atom stereocenters. The van der Waals surface area contributed by atoms with Gasteiger partial charge in [0.2, 0.25) is 0 Å². The highest BCUT2D eigenvalue weighted by molar-refractivity contribution is 5.59. The standard InChI is InChI=1S/C11H18N2O2/c1-8-3-4-9(12)5-11(8)13-10(6-14)7-15-2/h3-5,10,13-14H,6-7,12H2,1-2H3. The highest BCUT2D eigenvalue weighted by atomic mass is 16.5. The zero-order chi connectivity index (χ0) is 11.3.